The number of ether oxygens (including phenoxy) is 2. The number of rotatable bonds is 7. The molecule has 0 bridgehead atoms. The van der Waals surface area contributed by atoms with Crippen molar-refractivity contribution in [2.75, 3.05) is 13.2 Å². The molecule has 2 rings (SSSR count). The first-order valence-corrected chi connectivity index (χ1v) is 10.3. The predicted molar refractivity (Wildman–Crippen MR) is 95.3 cm³/mol. The van der Waals surface area contributed by atoms with Crippen molar-refractivity contribution in [3.63, 3.8) is 0 Å². The summed E-state index contributed by atoms with van der Waals surface area (Å²) in [7, 11) is -3.66. The second kappa shape index (κ2) is 8.21. The van der Waals surface area contributed by atoms with Crippen LogP contribution in [0.25, 0.3) is 0 Å². The van der Waals surface area contributed by atoms with Gasteiger partial charge in [-0.25, -0.2) is 13.1 Å². The zero-order valence-electron chi connectivity index (χ0n) is 15.1. The lowest BCUT2D eigenvalue weighted by molar-refractivity contribution is 0.307. The van der Waals surface area contributed by atoms with Crippen molar-refractivity contribution in [2.24, 2.45) is 5.92 Å². The van der Waals surface area contributed by atoms with E-state index in [2.05, 4.69) is 11.6 Å². The van der Waals surface area contributed by atoms with Gasteiger partial charge in [0, 0.05) is 12.1 Å². The molecule has 5 nitrogen and oxygen atoms in total. The van der Waals surface area contributed by atoms with Gasteiger partial charge in [0.2, 0.25) is 10.0 Å². The van der Waals surface area contributed by atoms with Crippen molar-refractivity contribution in [1.82, 2.24) is 4.72 Å². The molecule has 0 unspecified atom stereocenters. The van der Waals surface area contributed by atoms with E-state index in [1.54, 1.807) is 12.1 Å². The Kier molecular flexibility index (Phi) is 6.52. The SMILES string of the molecule is CCOc1cc(S(=O)(=O)N[C@@H]2CCCC[C@@H]2C)c(OCC)cc1C. The van der Waals surface area contributed by atoms with Crippen molar-refractivity contribution in [3.8, 4) is 11.5 Å². The van der Waals surface area contributed by atoms with E-state index >= 15 is 0 Å². The summed E-state index contributed by atoms with van der Waals surface area (Å²) in [6.45, 7) is 8.62. The molecular weight excluding hydrogens is 326 g/mol. The van der Waals surface area contributed by atoms with Gasteiger partial charge in [0.15, 0.2) is 0 Å². The molecule has 1 aliphatic rings. The maximum Gasteiger partial charge on any atom is 0.244 e. The van der Waals surface area contributed by atoms with Gasteiger partial charge in [-0.2, -0.15) is 0 Å². The Bertz CT molecular complexity index is 657. The molecule has 136 valence electrons. The Morgan fingerprint density at radius 3 is 2.33 bits per heavy atom. The van der Waals surface area contributed by atoms with Crippen molar-refractivity contribution >= 4 is 10.0 Å². The molecule has 2 atom stereocenters. The summed E-state index contributed by atoms with van der Waals surface area (Å²) in [6, 6.07) is 3.31. The highest BCUT2D eigenvalue weighted by Gasteiger charge is 2.29. The van der Waals surface area contributed by atoms with Gasteiger partial charge >= 0.3 is 0 Å². The van der Waals surface area contributed by atoms with E-state index in [9.17, 15) is 8.42 Å². The van der Waals surface area contributed by atoms with Crippen LogP contribution in [0.5, 0.6) is 11.5 Å². The van der Waals surface area contributed by atoms with Gasteiger partial charge in [0.25, 0.3) is 0 Å². The quantitative estimate of drug-likeness (QED) is 0.811. The average Bonchev–Trinajstić information content (AvgIpc) is 2.52. The van der Waals surface area contributed by atoms with Crippen LogP contribution in [-0.4, -0.2) is 27.7 Å². The molecule has 1 N–H and O–H groups in total. The fourth-order valence-electron chi connectivity index (χ4n) is 3.19. The lowest BCUT2D eigenvalue weighted by atomic mass is 9.87. The minimum Gasteiger partial charge on any atom is -0.494 e. The summed E-state index contributed by atoms with van der Waals surface area (Å²) in [4.78, 5) is 0.163. The van der Waals surface area contributed by atoms with Gasteiger partial charge in [-0.05, 0) is 51.2 Å². The number of benzene rings is 1. The molecule has 1 aromatic carbocycles. The van der Waals surface area contributed by atoms with Crippen LogP contribution in [0.1, 0.15) is 52.0 Å². The molecule has 0 aromatic heterocycles. The number of aryl methyl sites for hydroxylation is 1. The Morgan fingerprint density at radius 1 is 1.08 bits per heavy atom. The second-order valence-corrected chi connectivity index (χ2v) is 8.10. The molecule has 1 aromatic rings. The molecule has 6 heteroatoms. The standard InChI is InChI=1S/C18H29NO4S/c1-5-22-16-12-18(17(23-6-2)11-14(16)4)24(20,21)19-15-10-8-7-9-13(15)3/h11-13,15,19H,5-10H2,1-4H3/t13-,15+/m0/s1. The summed E-state index contributed by atoms with van der Waals surface area (Å²) >= 11 is 0. The third-order valence-electron chi connectivity index (χ3n) is 4.55. The van der Waals surface area contributed by atoms with Gasteiger partial charge < -0.3 is 9.47 Å². The van der Waals surface area contributed by atoms with E-state index in [1.807, 2.05) is 20.8 Å². The number of sulfonamides is 1. The molecule has 1 aliphatic carbocycles. The molecule has 0 saturated heterocycles. The summed E-state index contributed by atoms with van der Waals surface area (Å²) in [5.41, 5.74) is 0.866. The van der Waals surface area contributed by atoms with Crippen molar-refractivity contribution in [1.29, 1.82) is 0 Å². The maximum atomic E-state index is 13.0. The van der Waals surface area contributed by atoms with Crippen LogP contribution in [0.2, 0.25) is 0 Å². The van der Waals surface area contributed by atoms with Crippen LogP contribution in [0.15, 0.2) is 17.0 Å². The lowest BCUT2D eigenvalue weighted by Crippen LogP contribution is -2.41. The molecule has 0 spiro atoms. The third kappa shape index (κ3) is 4.42. The molecular formula is C18H29NO4S. The Morgan fingerprint density at radius 2 is 1.71 bits per heavy atom. The molecule has 0 aliphatic heterocycles. The zero-order chi connectivity index (χ0) is 17.7. The molecule has 0 radical (unpaired) electrons. The Hall–Kier alpha value is -1.27. The first-order valence-electron chi connectivity index (χ1n) is 8.81. The van der Waals surface area contributed by atoms with Gasteiger partial charge in [0.05, 0.1) is 13.2 Å². The largest absolute Gasteiger partial charge is 0.494 e. The number of hydrogen-bond acceptors (Lipinski definition) is 4. The minimum atomic E-state index is -3.66. The Labute approximate surface area is 145 Å². The number of nitrogens with one attached hydrogen (secondary N) is 1. The van der Waals surface area contributed by atoms with Crippen LogP contribution >= 0.6 is 0 Å². The highest BCUT2D eigenvalue weighted by Crippen LogP contribution is 2.33. The van der Waals surface area contributed by atoms with Gasteiger partial charge in [-0.15, -0.1) is 0 Å². The molecule has 24 heavy (non-hydrogen) atoms. The number of hydrogen-bond donors (Lipinski definition) is 1. The van der Waals surface area contributed by atoms with E-state index in [4.69, 9.17) is 9.47 Å². The van der Waals surface area contributed by atoms with E-state index in [0.29, 0.717) is 30.6 Å². The zero-order valence-corrected chi connectivity index (χ0v) is 15.9. The van der Waals surface area contributed by atoms with Crippen molar-refractivity contribution in [3.05, 3.63) is 17.7 Å². The Balaban J connectivity index is 2.37. The second-order valence-electron chi connectivity index (χ2n) is 6.42. The molecule has 0 amide bonds. The fourth-order valence-corrected chi connectivity index (χ4v) is 4.71. The van der Waals surface area contributed by atoms with Crippen LogP contribution in [0, 0.1) is 12.8 Å². The van der Waals surface area contributed by atoms with Crippen LogP contribution in [-0.2, 0) is 10.0 Å². The predicted octanol–water partition coefficient (Wildman–Crippen LogP) is 3.65. The van der Waals surface area contributed by atoms with E-state index in [1.165, 1.54) is 6.42 Å². The van der Waals surface area contributed by atoms with Gasteiger partial charge in [-0.1, -0.05) is 19.8 Å². The topological polar surface area (TPSA) is 64.6 Å². The average molecular weight is 356 g/mol. The maximum absolute atomic E-state index is 13.0. The molecule has 0 heterocycles. The lowest BCUT2D eigenvalue weighted by Gasteiger charge is -2.29. The van der Waals surface area contributed by atoms with Crippen LogP contribution in [0.3, 0.4) is 0 Å². The summed E-state index contributed by atoms with van der Waals surface area (Å²) in [6.07, 6.45) is 4.18. The fraction of sp³-hybridized carbons (Fsp3) is 0.667. The van der Waals surface area contributed by atoms with E-state index in [-0.39, 0.29) is 10.9 Å². The van der Waals surface area contributed by atoms with Crippen LogP contribution < -0.4 is 14.2 Å². The van der Waals surface area contributed by atoms with E-state index in [0.717, 1.165) is 24.8 Å². The van der Waals surface area contributed by atoms with Crippen LogP contribution in [0.4, 0.5) is 0 Å². The minimum absolute atomic E-state index is 0.0185. The highest BCUT2D eigenvalue weighted by atomic mass is 32.2. The van der Waals surface area contributed by atoms with Crippen molar-refractivity contribution < 1.29 is 17.9 Å². The van der Waals surface area contributed by atoms with Crippen molar-refractivity contribution in [2.45, 2.75) is 64.3 Å². The highest BCUT2D eigenvalue weighted by molar-refractivity contribution is 7.89. The van der Waals surface area contributed by atoms with Gasteiger partial charge in [-0.3, -0.25) is 0 Å². The molecule has 1 fully saturated rings. The molecule has 1 saturated carbocycles. The first-order chi connectivity index (χ1) is 11.4. The monoisotopic (exact) mass is 355 g/mol. The third-order valence-corrected chi connectivity index (χ3v) is 6.06. The first kappa shape index (κ1) is 19.1. The van der Waals surface area contributed by atoms with Gasteiger partial charge in [0.1, 0.15) is 16.4 Å². The smallest absolute Gasteiger partial charge is 0.244 e. The van der Waals surface area contributed by atoms with E-state index < -0.39 is 10.0 Å². The summed E-state index contributed by atoms with van der Waals surface area (Å²) < 4.78 is 40.0. The normalized spacial score (nSPS) is 21.5. The summed E-state index contributed by atoms with van der Waals surface area (Å²) in [5.74, 6) is 1.31. The summed E-state index contributed by atoms with van der Waals surface area (Å²) in [5, 5.41) is 0.